The molecule has 0 fully saturated rings. The first-order chi connectivity index (χ1) is 21.4. The Kier molecular flexibility index (Phi) is 13.8. The summed E-state index contributed by atoms with van der Waals surface area (Å²) in [6.45, 7) is 14.6. The van der Waals surface area contributed by atoms with Crippen LogP contribution in [0.4, 0.5) is 17.1 Å². The minimum atomic E-state index is 1.09. The summed E-state index contributed by atoms with van der Waals surface area (Å²) < 4.78 is 0. The molecule has 0 atom stereocenters. The summed E-state index contributed by atoms with van der Waals surface area (Å²) in [6.07, 6.45) is 6.77. The normalized spacial score (nSPS) is 11.4. The molecule has 0 N–H and O–H groups in total. The number of allylic oxidation sites excluding steroid dienone is 4. The highest BCUT2D eigenvalue weighted by atomic mass is 15.1. The van der Waals surface area contributed by atoms with E-state index in [1.807, 2.05) is 44.2 Å². The smallest absolute Gasteiger partial charge is 0.0551 e. The van der Waals surface area contributed by atoms with Gasteiger partial charge >= 0.3 is 0 Å². The van der Waals surface area contributed by atoms with Crippen molar-refractivity contribution in [2.24, 2.45) is 0 Å². The maximum absolute atomic E-state index is 3.08. The van der Waals surface area contributed by atoms with E-state index in [-0.39, 0.29) is 0 Å². The maximum atomic E-state index is 3.08. The van der Waals surface area contributed by atoms with E-state index < -0.39 is 0 Å². The molecule has 6 rings (SSSR count). The topological polar surface area (TPSA) is 3.24 Å². The van der Waals surface area contributed by atoms with E-state index in [1.54, 1.807) is 0 Å². The van der Waals surface area contributed by atoms with E-state index in [4.69, 9.17) is 0 Å². The molecule has 0 unspecified atom stereocenters. The van der Waals surface area contributed by atoms with Gasteiger partial charge in [-0.25, -0.2) is 0 Å². The van der Waals surface area contributed by atoms with Crippen molar-refractivity contribution in [1.82, 2.24) is 0 Å². The standard InChI is InChI=1S/C26H23N.C8H10.C7H8.C2H6/c1-20-11-13-22(14-12-20)23-15-17-25(18-16-23)27(24-8-4-3-5-9-24)26-10-6-7-21(2)19-26;1-7-4-3-5-8(2)6-7;1-7-5-3-2-4-6-7;1-2/h4,6-11,13,15-19H,12,14H2,1-2H3;3-6H,1-2H3;2-6H,1H3;1-2H3. The largest absolute Gasteiger partial charge is 0.310 e. The fourth-order valence-electron chi connectivity index (χ4n) is 4.84. The summed E-state index contributed by atoms with van der Waals surface area (Å²) in [5.41, 5.74) is 12.8. The number of aryl methyl sites for hydroxylation is 4. The number of hydrogen-bond acceptors (Lipinski definition) is 1. The first-order valence-electron chi connectivity index (χ1n) is 15.7. The zero-order valence-electron chi connectivity index (χ0n) is 27.6. The minimum Gasteiger partial charge on any atom is -0.310 e. The van der Waals surface area contributed by atoms with Crippen molar-refractivity contribution in [3.8, 4) is 0 Å². The van der Waals surface area contributed by atoms with Crippen LogP contribution in [0.3, 0.4) is 0 Å². The van der Waals surface area contributed by atoms with Crippen molar-refractivity contribution >= 4 is 22.6 Å². The van der Waals surface area contributed by atoms with Crippen LogP contribution in [-0.4, -0.2) is 0 Å². The summed E-state index contributed by atoms with van der Waals surface area (Å²) in [7, 11) is 0. The molecule has 224 valence electrons. The number of nitrogens with zero attached hydrogens (tertiary/aromatic N) is 1. The lowest BCUT2D eigenvalue weighted by molar-refractivity contribution is 0.977. The molecule has 0 heterocycles. The van der Waals surface area contributed by atoms with E-state index in [0.29, 0.717) is 0 Å². The number of anilines is 3. The SMILES string of the molecule is CC.CC1=CC=C(c2ccc(N(c3cc#ccc3)c3cccc(C)c3)cc2)CC1.Cc1cccc(C)c1.Cc1ccccc1. The molecule has 0 saturated carbocycles. The molecular formula is C43H47N. The summed E-state index contributed by atoms with van der Waals surface area (Å²) in [6, 6.07) is 48.2. The van der Waals surface area contributed by atoms with Crippen molar-refractivity contribution in [1.29, 1.82) is 0 Å². The average molecular weight is 578 g/mol. The second kappa shape index (κ2) is 18.0. The molecule has 1 heteroatoms. The highest BCUT2D eigenvalue weighted by Crippen LogP contribution is 2.35. The summed E-state index contributed by atoms with van der Waals surface area (Å²) in [4.78, 5) is 2.26. The fraction of sp³-hybridized carbons (Fsp3) is 0.209. The van der Waals surface area contributed by atoms with Crippen LogP contribution in [-0.2, 0) is 0 Å². The van der Waals surface area contributed by atoms with Crippen molar-refractivity contribution in [2.75, 3.05) is 4.90 Å². The summed E-state index contributed by atoms with van der Waals surface area (Å²) in [5.74, 6) is 0. The Balaban J connectivity index is 0.000000253. The van der Waals surface area contributed by atoms with E-state index in [9.17, 15) is 0 Å². The average Bonchev–Trinajstić information content (AvgIpc) is 3.04. The highest BCUT2D eigenvalue weighted by molar-refractivity contribution is 5.78. The lowest BCUT2D eigenvalue weighted by Gasteiger charge is -2.25. The van der Waals surface area contributed by atoms with Crippen LogP contribution in [0.1, 0.15) is 61.4 Å². The predicted octanol–water partition coefficient (Wildman–Crippen LogP) is 12.5. The van der Waals surface area contributed by atoms with E-state index in [2.05, 4.69) is 155 Å². The molecule has 1 aliphatic rings. The third kappa shape index (κ3) is 10.8. The molecule has 1 aliphatic carbocycles. The second-order valence-corrected chi connectivity index (χ2v) is 10.9. The van der Waals surface area contributed by atoms with Gasteiger partial charge in [-0.1, -0.05) is 139 Å². The Labute approximate surface area is 267 Å². The van der Waals surface area contributed by atoms with Crippen molar-refractivity contribution in [2.45, 2.75) is 61.3 Å². The molecule has 44 heavy (non-hydrogen) atoms. The van der Waals surface area contributed by atoms with Gasteiger partial charge in [0.05, 0.1) is 5.69 Å². The Morgan fingerprint density at radius 1 is 0.500 bits per heavy atom. The van der Waals surface area contributed by atoms with Crippen LogP contribution in [0, 0.1) is 39.8 Å². The van der Waals surface area contributed by atoms with Crippen LogP contribution in [0.5, 0.6) is 0 Å². The predicted molar refractivity (Wildman–Crippen MR) is 193 cm³/mol. The zero-order valence-corrected chi connectivity index (χ0v) is 27.6. The Morgan fingerprint density at radius 2 is 1.11 bits per heavy atom. The molecule has 5 aromatic carbocycles. The lowest BCUT2D eigenvalue weighted by Crippen LogP contribution is -2.09. The van der Waals surface area contributed by atoms with Gasteiger partial charge in [-0.05, 0) is 101 Å². The summed E-state index contributed by atoms with van der Waals surface area (Å²) in [5, 5.41) is 0. The Hall–Kier alpha value is -4.80. The van der Waals surface area contributed by atoms with Crippen LogP contribution < -0.4 is 4.90 Å². The van der Waals surface area contributed by atoms with Crippen molar-refractivity contribution in [3.63, 3.8) is 0 Å². The van der Waals surface area contributed by atoms with E-state index in [1.165, 1.54) is 39.0 Å². The molecule has 0 radical (unpaired) electrons. The molecule has 0 spiro atoms. The Morgan fingerprint density at radius 3 is 1.59 bits per heavy atom. The third-order valence-corrected chi connectivity index (χ3v) is 7.13. The van der Waals surface area contributed by atoms with Gasteiger partial charge in [0.15, 0.2) is 0 Å². The molecule has 0 amide bonds. The first-order valence-corrected chi connectivity index (χ1v) is 15.7. The van der Waals surface area contributed by atoms with Gasteiger partial charge in [0.25, 0.3) is 0 Å². The van der Waals surface area contributed by atoms with Crippen LogP contribution in [0.2, 0.25) is 0 Å². The van der Waals surface area contributed by atoms with E-state index >= 15 is 0 Å². The quantitative estimate of drug-likeness (QED) is 0.205. The minimum absolute atomic E-state index is 1.09. The molecule has 0 aliphatic heterocycles. The number of rotatable bonds is 4. The van der Waals surface area contributed by atoms with Crippen molar-refractivity contribution < 1.29 is 0 Å². The monoisotopic (exact) mass is 577 g/mol. The lowest BCUT2D eigenvalue weighted by atomic mass is 9.94. The van der Waals surface area contributed by atoms with Gasteiger partial charge in [0.1, 0.15) is 0 Å². The van der Waals surface area contributed by atoms with E-state index in [0.717, 1.165) is 29.9 Å². The molecule has 0 aromatic heterocycles. The first kappa shape index (κ1) is 33.7. The molecule has 0 bridgehead atoms. The maximum Gasteiger partial charge on any atom is 0.0551 e. The third-order valence-electron chi connectivity index (χ3n) is 7.13. The molecule has 5 aromatic rings. The van der Waals surface area contributed by atoms with Gasteiger partial charge in [-0.15, -0.1) is 0 Å². The summed E-state index contributed by atoms with van der Waals surface area (Å²) >= 11 is 0. The van der Waals surface area contributed by atoms with Gasteiger partial charge in [0, 0.05) is 17.4 Å². The van der Waals surface area contributed by atoms with Crippen LogP contribution >= 0.6 is 0 Å². The number of hydrogen-bond donors (Lipinski definition) is 0. The van der Waals surface area contributed by atoms with Crippen molar-refractivity contribution in [3.05, 3.63) is 179 Å². The second-order valence-electron chi connectivity index (χ2n) is 10.9. The molecule has 0 saturated heterocycles. The van der Waals surface area contributed by atoms with Gasteiger partial charge < -0.3 is 4.90 Å². The van der Waals surface area contributed by atoms with Gasteiger partial charge in [-0.2, -0.15) is 0 Å². The number of benzene rings is 4. The van der Waals surface area contributed by atoms with Gasteiger partial charge in [-0.3, -0.25) is 0 Å². The van der Waals surface area contributed by atoms with Crippen LogP contribution in [0.15, 0.2) is 139 Å². The molecule has 1 nitrogen and oxygen atoms in total. The Bertz CT molecular complexity index is 1580. The molecular weight excluding hydrogens is 530 g/mol. The van der Waals surface area contributed by atoms with Gasteiger partial charge in [0.2, 0.25) is 0 Å². The van der Waals surface area contributed by atoms with Crippen LogP contribution in [0.25, 0.3) is 5.57 Å². The fourth-order valence-corrected chi connectivity index (χ4v) is 4.84. The zero-order chi connectivity index (χ0) is 31.7. The highest BCUT2D eigenvalue weighted by Gasteiger charge is 2.13.